The van der Waals surface area contributed by atoms with Crippen molar-refractivity contribution in [2.75, 3.05) is 26.4 Å². The minimum absolute atomic E-state index is 0.204. The van der Waals surface area contributed by atoms with Crippen LogP contribution in [-0.4, -0.2) is 50.3 Å². The van der Waals surface area contributed by atoms with Crippen LogP contribution in [0.1, 0.15) is 200 Å². The van der Waals surface area contributed by atoms with Crippen molar-refractivity contribution in [1.29, 1.82) is 0 Å². The van der Waals surface area contributed by atoms with E-state index in [1.165, 1.54) is 11.1 Å². The van der Waals surface area contributed by atoms with Gasteiger partial charge in [0.1, 0.15) is 11.5 Å². The molecule has 0 unspecified atom stereocenters. The fourth-order valence-electron chi connectivity index (χ4n) is 15.4. The Balaban J connectivity index is 0.895. The normalized spacial score (nSPS) is 13.3. The van der Waals surface area contributed by atoms with Crippen molar-refractivity contribution < 1.29 is 42.9 Å². The Morgan fingerprint density at radius 3 is 0.990 bits per heavy atom. The summed E-state index contributed by atoms with van der Waals surface area (Å²) < 4.78 is 31.5. The van der Waals surface area contributed by atoms with Crippen LogP contribution in [0.4, 0.5) is 0 Å². The third-order valence-corrected chi connectivity index (χ3v) is 21.4. The van der Waals surface area contributed by atoms with E-state index in [2.05, 4.69) is 220 Å². The molecule has 0 saturated heterocycles. The lowest BCUT2D eigenvalue weighted by atomic mass is 9.70. The topological polar surface area (TPSA) is 114 Å². The Labute approximate surface area is 599 Å². The summed E-state index contributed by atoms with van der Waals surface area (Å²) in [6.07, 6.45) is 2.90. The molecule has 9 heteroatoms. The number of hydrogen-bond acceptors (Lipinski definition) is 9. The first-order valence-electron chi connectivity index (χ1n) is 36.8. The summed E-state index contributed by atoms with van der Waals surface area (Å²) in [7, 11) is 0. The first kappa shape index (κ1) is 69.2. The van der Waals surface area contributed by atoms with Crippen LogP contribution in [0.15, 0.2) is 158 Å². The highest BCUT2D eigenvalue weighted by molar-refractivity contribution is 6.38. The smallest absolute Gasteiger partial charge is 0.338 e. The van der Waals surface area contributed by atoms with Crippen molar-refractivity contribution in [2.45, 2.75) is 153 Å². The summed E-state index contributed by atoms with van der Waals surface area (Å²) >= 11 is 0. The number of hydrogen-bond donors (Lipinski definition) is 0. The van der Waals surface area contributed by atoms with Gasteiger partial charge in [-0.3, -0.25) is 0 Å². The predicted molar refractivity (Wildman–Crippen MR) is 420 cm³/mol. The molecule has 0 aromatic heterocycles. The van der Waals surface area contributed by atoms with E-state index in [1.54, 1.807) is 0 Å². The molecule has 1 heterocycles. The van der Waals surface area contributed by atoms with Crippen molar-refractivity contribution >= 4 is 110 Å². The molecule has 520 valence electrons. The minimum Gasteiger partial charge on any atom is -0.462 e. The summed E-state index contributed by atoms with van der Waals surface area (Å²) in [5.41, 5.74) is 11.3. The van der Waals surface area contributed by atoms with Gasteiger partial charge in [0, 0.05) is 38.4 Å². The SMILES string of the molecule is CC(C)CCOC(=O)c1ccc2c3cccc4c(-c5ccc(-c6cc(C(C)(C)C)cc7c6Oc6c(-c8ccc9c%10ccc(C(=O)OCCC(C)C)c%11c(C(=O)OCCC(C)C)ccc(c%12cccc8c%129)c%11%10)cc(C(C)(C)C)cc6C7(C)C)cc5)ccc(c5ccc(C(=O)OCCC(C)C)c1c25)c43. The number of benzene rings is 13. The number of ether oxygens (including phenoxy) is 5. The molecule has 13 aromatic rings. The molecule has 0 spiro atoms. The molecule has 0 aliphatic carbocycles. The molecule has 1 aliphatic rings. The van der Waals surface area contributed by atoms with Gasteiger partial charge in [0.25, 0.3) is 0 Å². The molecule has 0 amide bonds. The number of carbonyl (C=O) groups excluding carboxylic acids is 4. The molecule has 9 nitrogen and oxygen atoms in total. The van der Waals surface area contributed by atoms with E-state index in [4.69, 9.17) is 23.7 Å². The number of fused-ring (bicyclic) bond motifs is 6. The van der Waals surface area contributed by atoms with Gasteiger partial charge in [-0.05, 0) is 205 Å². The molecule has 14 rings (SSSR count). The molecular weight excluding hydrogens is 1260 g/mol. The molecule has 0 bridgehead atoms. The average molecular weight is 1360 g/mol. The van der Waals surface area contributed by atoms with E-state index in [1.807, 2.05) is 48.5 Å². The minimum atomic E-state index is -0.528. The number of carbonyl (C=O) groups is 4. The molecule has 13 aromatic carbocycles. The van der Waals surface area contributed by atoms with Crippen LogP contribution in [0.3, 0.4) is 0 Å². The number of rotatable bonds is 19. The summed E-state index contributed by atoms with van der Waals surface area (Å²) in [6, 6.07) is 55.6. The van der Waals surface area contributed by atoms with Gasteiger partial charge >= 0.3 is 23.9 Å². The third kappa shape index (κ3) is 12.2. The summed E-state index contributed by atoms with van der Waals surface area (Å²) in [5.74, 6) is 1.23. The third-order valence-electron chi connectivity index (χ3n) is 21.4. The van der Waals surface area contributed by atoms with E-state index in [9.17, 15) is 19.2 Å². The molecule has 0 fully saturated rings. The van der Waals surface area contributed by atoms with Crippen LogP contribution >= 0.6 is 0 Å². The maximum atomic E-state index is 14.3. The lowest BCUT2D eigenvalue weighted by Crippen LogP contribution is -2.27. The van der Waals surface area contributed by atoms with Crippen LogP contribution in [-0.2, 0) is 35.2 Å². The van der Waals surface area contributed by atoms with Gasteiger partial charge in [0.2, 0.25) is 0 Å². The average Bonchev–Trinajstić information content (AvgIpc) is 0.712. The van der Waals surface area contributed by atoms with Crippen molar-refractivity contribution in [1.82, 2.24) is 0 Å². The lowest BCUT2D eigenvalue weighted by Gasteiger charge is -2.39. The van der Waals surface area contributed by atoms with Crippen LogP contribution in [0.2, 0.25) is 0 Å². The lowest BCUT2D eigenvalue weighted by molar-refractivity contribution is 0.0473. The fraction of sp³-hybridized carbons (Fsp3) is 0.333. The van der Waals surface area contributed by atoms with E-state index in [0.717, 1.165) is 157 Å². The van der Waals surface area contributed by atoms with E-state index in [0.29, 0.717) is 56.7 Å². The van der Waals surface area contributed by atoms with Gasteiger partial charge < -0.3 is 23.7 Å². The van der Waals surface area contributed by atoms with Gasteiger partial charge in [-0.25, -0.2) is 19.2 Å². The van der Waals surface area contributed by atoms with Crippen molar-refractivity contribution in [3.05, 3.63) is 202 Å². The van der Waals surface area contributed by atoms with Crippen LogP contribution in [0.25, 0.3) is 120 Å². The second-order valence-electron chi connectivity index (χ2n) is 32.8. The highest BCUT2D eigenvalue weighted by Gasteiger charge is 2.40. The zero-order valence-corrected chi connectivity index (χ0v) is 62.2. The molecule has 0 N–H and O–H groups in total. The Bertz CT molecular complexity index is 5350. The Kier molecular flexibility index (Phi) is 18.0. The van der Waals surface area contributed by atoms with Crippen LogP contribution in [0, 0.1) is 23.7 Å². The summed E-state index contributed by atoms with van der Waals surface area (Å²) in [4.78, 5) is 56.8. The quantitative estimate of drug-likeness (QED) is 0.0338. The predicted octanol–water partition coefficient (Wildman–Crippen LogP) is 24.6. The Morgan fingerprint density at radius 1 is 0.333 bits per heavy atom. The first-order valence-corrected chi connectivity index (χ1v) is 36.8. The maximum absolute atomic E-state index is 14.3. The molecular formula is C93H94O9. The highest BCUT2D eigenvalue weighted by Crippen LogP contribution is 2.58. The summed E-state index contributed by atoms with van der Waals surface area (Å²) in [6.45, 7) is 36.3. The molecule has 0 saturated carbocycles. The van der Waals surface area contributed by atoms with Crippen molar-refractivity contribution in [3.8, 4) is 44.9 Å². The van der Waals surface area contributed by atoms with Gasteiger partial charge in [-0.1, -0.05) is 232 Å². The second kappa shape index (κ2) is 26.5. The largest absolute Gasteiger partial charge is 0.462 e. The zero-order chi connectivity index (χ0) is 72.2. The molecule has 1 aliphatic heterocycles. The Morgan fingerprint density at radius 2 is 0.627 bits per heavy atom. The van der Waals surface area contributed by atoms with Gasteiger partial charge in [0.15, 0.2) is 0 Å². The standard InChI is InChI=1S/C93H94O9/c1-51(2)39-43-98-87(94)71-35-31-67-63-21-17-19-61-59(27-29-65(79(61)63)69-33-37-73(83(71)81(67)69)89(96)100-45-41-53(5)6)55-23-25-56(26-24-55)75-47-57(91(9,10)11)49-77-85(75)102-86-76(48-58(92(12,13)14)50-78(86)93(77,15)16)60-28-30-66-70-34-38-74(90(97)101-46-42-54(7)8)84-72(88(95)99-44-40-52(3)4)36-32-68(82(70)84)64-22-18-20-62(60)80(64)66/h17-38,47-54H,39-46H2,1-16H3. The monoisotopic (exact) mass is 1350 g/mol. The van der Waals surface area contributed by atoms with Gasteiger partial charge in [-0.15, -0.1) is 0 Å². The van der Waals surface area contributed by atoms with Gasteiger partial charge in [0.05, 0.1) is 48.7 Å². The van der Waals surface area contributed by atoms with Crippen molar-refractivity contribution in [2.24, 2.45) is 23.7 Å². The van der Waals surface area contributed by atoms with E-state index < -0.39 is 29.3 Å². The molecule has 0 radical (unpaired) electrons. The fourth-order valence-corrected chi connectivity index (χ4v) is 15.4. The molecule has 0 atom stereocenters. The first-order chi connectivity index (χ1) is 48.6. The highest BCUT2D eigenvalue weighted by atomic mass is 16.5. The van der Waals surface area contributed by atoms with Crippen LogP contribution in [0.5, 0.6) is 11.5 Å². The Hall–Kier alpha value is -9.86. The number of esters is 4. The van der Waals surface area contributed by atoms with E-state index >= 15 is 0 Å². The summed E-state index contributed by atoms with van der Waals surface area (Å²) in [5, 5.41) is 14.9. The van der Waals surface area contributed by atoms with Crippen LogP contribution < -0.4 is 4.74 Å². The van der Waals surface area contributed by atoms with Gasteiger partial charge in [-0.2, -0.15) is 0 Å². The van der Waals surface area contributed by atoms with Crippen molar-refractivity contribution in [3.63, 3.8) is 0 Å². The maximum Gasteiger partial charge on any atom is 0.338 e. The second-order valence-corrected chi connectivity index (χ2v) is 32.8. The molecule has 102 heavy (non-hydrogen) atoms. The zero-order valence-electron chi connectivity index (χ0n) is 62.2. The van der Waals surface area contributed by atoms with E-state index in [-0.39, 0.29) is 37.3 Å².